The molecule has 0 aliphatic rings. The first-order chi connectivity index (χ1) is 11.7. The van der Waals surface area contributed by atoms with Crippen LogP contribution < -0.4 is 5.11 Å². The van der Waals surface area contributed by atoms with Crippen molar-refractivity contribution >= 4 is 17.7 Å². The molecule has 0 spiro atoms. The monoisotopic (exact) mass is 466 g/mol. The summed E-state index contributed by atoms with van der Waals surface area (Å²) < 4.78 is 0. The molecule has 1 unspecified atom stereocenters. The van der Waals surface area contributed by atoms with Crippen LogP contribution in [0.2, 0.25) is 0 Å². The van der Waals surface area contributed by atoms with E-state index in [0.717, 1.165) is 24.6 Å². The van der Waals surface area contributed by atoms with Gasteiger partial charge in [-0.1, -0.05) is 103 Å². The van der Waals surface area contributed by atoms with Crippen molar-refractivity contribution in [2.24, 2.45) is 0 Å². The minimum atomic E-state index is -1.38. The predicted octanol–water partition coefficient (Wildman–Crippen LogP) is 5.05. The maximum atomic E-state index is 10.3. The largest absolute Gasteiger partial charge is 1.00 e. The summed E-state index contributed by atoms with van der Waals surface area (Å²) in [5, 5.41) is 19.4. The number of rotatable bonds is 19. The number of carbonyl (C=O) groups is 1. The van der Waals surface area contributed by atoms with Crippen LogP contribution in [-0.2, 0) is 27.2 Å². The first-order valence-corrected chi connectivity index (χ1v) is 11.2. The summed E-state index contributed by atoms with van der Waals surface area (Å²) in [5.74, 6) is -0.676. The van der Waals surface area contributed by atoms with E-state index in [1.165, 1.54) is 89.9 Å². The van der Waals surface area contributed by atoms with Gasteiger partial charge in [0.1, 0.15) is 5.44 Å². The van der Waals surface area contributed by atoms with Gasteiger partial charge >= 0.3 is 22.4 Å². The van der Waals surface area contributed by atoms with E-state index in [4.69, 9.17) is 5.11 Å². The number of hydrogen-bond donors (Lipinski definition) is 1. The van der Waals surface area contributed by atoms with Gasteiger partial charge in [0.2, 0.25) is 0 Å². The molecule has 154 valence electrons. The number of carboxylic acids is 1. The summed E-state index contributed by atoms with van der Waals surface area (Å²) in [6, 6.07) is 0. The van der Waals surface area contributed by atoms with E-state index in [1.807, 2.05) is 0 Å². The zero-order valence-corrected chi connectivity index (χ0v) is 18.4. The summed E-state index contributed by atoms with van der Waals surface area (Å²) in [6.45, 7) is 2.27. The predicted molar refractivity (Wildman–Crippen MR) is 103 cm³/mol. The minimum absolute atomic E-state index is 0. The van der Waals surface area contributed by atoms with Crippen LogP contribution in [0.25, 0.3) is 0 Å². The number of aliphatic hydroxyl groups is 1. The Morgan fingerprint density at radius 3 is 1.40 bits per heavy atom. The molecule has 1 N–H and O–H groups in total. The molecule has 1 atom stereocenters. The molecule has 0 rings (SSSR count). The fourth-order valence-electron chi connectivity index (χ4n) is 2.91. The van der Waals surface area contributed by atoms with E-state index in [-0.39, 0.29) is 22.4 Å². The second kappa shape index (κ2) is 22.6. The Kier molecular flexibility index (Phi) is 25.0. The minimum Gasteiger partial charge on any atom is -0.546 e. The van der Waals surface area contributed by atoms with Crippen molar-refractivity contribution in [1.82, 2.24) is 0 Å². The molecule has 0 heterocycles. The third-order valence-electron chi connectivity index (χ3n) is 4.48. The number of aliphatic carboxylic acids is 1. The molecule has 0 aliphatic heterocycles. The average Bonchev–Trinajstić information content (AvgIpc) is 2.57. The summed E-state index contributed by atoms with van der Waals surface area (Å²) in [5.41, 5.74) is -1.36. The van der Waals surface area contributed by atoms with Gasteiger partial charge in [-0.3, -0.25) is 0 Å². The van der Waals surface area contributed by atoms with Crippen LogP contribution in [0.4, 0.5) is 0 Å². The molecule has 5 heteroatoms. The molecule has 0 bridgehead atoms. The van der Waals surface area contributed by atoms with Crippen molar-refractivity contribution in [3.8, 4) is 0 Å². The third-order valence-corrected chi connectivity index (χ3v) is 5.51. The Labute approximate surface area is 175 Å². The topological polar surface area (TPSA) is 60.4 Å². The van der Waals surface area contributed by atoms with Crippen molar-refractivity contribution in [3.63, 3.8) is 0 Å². The van der Waals surface area contributed by atoms with Gasteiger partial charge in [0.15, 0.2) is 0 Å². The SMILES string of the molecule is CCCCCCCCCCCCCCCCCCSC(O)C(=O)[O-].[Ag+]. The smallest absolute Gasteiger partial charge is 0.546 e. The molecule has 0 radical (unpaired) electrons. The van der Waals surface area contributed by atoms with Crippen LogP contribution in [0, 0.1) is 0 Å². The van der Waals surface area contributed by atoms with Gasteiger partial charge in [0.25, 0.3) is 0 Å². The average molecular weight is 467 g/mol. The summed E-state index contributed by atoms with van der Waals surface area (Å²) >= 11 is 1.06. The molecule has 0 aromatic carbocycles. The summed E-state index contributed by atoms with van der Waals surface area (Å²) in [4.78, 5) is 10.3. The molecule has 0 fully saturated rings. The van der Waals surface area contributed by atoms with Crippen LogP contribution in [0.15, 0.2) is 0 Å². The molecule has 0 saturated carbocycles. The van der Waals surface area contributed by atoms with Gasteiger partial charge in [0.05, 0.1) is 5.97 Å². The Morgan fingerprint density at radius 2 is 1.08 bits per heavy atom. The number of aliphatic hydroxyl groups excluding tert-OH is 1. The van der Waals surface area contributed by atoms with Crippen molar-refractivity contribution in [3.05, 3.63) is 0 Å². The van der Waals surface area contributed by atoms with Crippen LogP contribution in [-0.4, -0.2) is 22.3 Å². The summed E-state index contributed by atoms with van der Waals surface area (Å²) in [6.07, 6.45) is 21.3. The molecular weight excluding hydrogens is 428 g/mol. The summed E-state index contributed by atoms with van der Waals surface area (Å²) in [7, 11) is 0. The Balaban J connectivity index is 0. The second-order valence-electron chi connectivity index (χ2n) is 6.85. The van der Waals surface area contributed by atoms with E-state index in [9.17, 15) is 9.90 Å². The van der Waals surface area contributed by atoms with Gasteiger partial charge in [-0.25, -0.2) is 0 Å². The number of hydrogen-bond acceptors (Lipinski definition) is 4. The fourth-order valence-corrected chi connectivity index (χ4v) is 3.64. The van der Waals surface area contributed by atoms with Crippen LogP contribution in [0.5, 0.6) is 0 Å². The molecular formula is C20H39AgO3S. The molecule has 0 aliphatic carbocycles. The van der Waals surface area contributed by atoms with Crippen molar-refractivity contribution in [2.45, 2.75) is 115 Å². The molecule has 3 nitrogen and oxygen atoms in total. The van der Waals surface area contributed by atoms with Crippen molar-refractivity contribution < 1.29 is 37.4 Å². The van der Waals surface area contributed by atoms with Gasteiger partial charge in [-0.2, -0.15) is 0 Å². The number of thioether (sulfide) groups is 1. The zero-order chi connectivity index (χ0) is 17.9. The van der Waals surface area contributed by atoms with Crippen LogP contribution in [0.3, 0.4) is 0 Å². The first kappa shape index (κ1) is 27.7. The molecule has 25 heavy (non-hydrogen) atoms. The van der Waals surface area contributed by atoms with Gasteiger partial charge in [-0.05, 0) is 12.2 Å². The van der Waals surface area contributed by atoms with Gasteiger partial charge in [0, 0.05) is 0 Å². The number of carbonyl (C=O) groups excluding carboxylic acids is 1. The van der Waals surface area contributed by atoms with Crippen LogP contribution in [0.1, 0.15) is 110 Å². The zero-order valence-electron chi connectivity index (χ0n) is 16.1. The van der Waals surface area contributed by atoms with Gasteiger partial charge < -0.3 is 15.0 Å². The maximum Gasteiger partial charge on any atom is 1.00 e. The second-order valence-corrected chi connectivity index (χ2v) is 8.03. The fraction of sp³-hybridized carbons (Fsp3) is 0.950. The Morgan fingerprint density at radius 1 is 0.760 bits per heavy atom. The van der Waals surface area contributed by atoms with Crippen molar-refractivity contribution in [1.29, 1.82) is 0 Å². The normalized spacial score (nSPS) is 11.9. The van der Waals surface area contributed by atoms with E-state index in [1.54, 1.807) is 0 Å². The third kappa shape index (κ3) is 22.5. The first-order valence-electron chi connectivity index (χ1n) is 10.2. The standard InChI is InChI=1S/C20H40O3S.Ag/c1-2-3-4-5-6-7-8-9-10-11-12-13-14-15-16-17-18-24-20(23)19(21)22;/h20,23H,2-18H2,1H3,(H,21,22);/q;+1/p-1. The molecule has 0 aromatic rings. The molecule has 0 aromatic heterocycles. The molecule has 0 saturated heterocycles. The van der Waals surface area contributed by atoms with E-state index in [0.29, 0.717) is 5.75 Å². The van der Waals surface area contributed by atoms with E-state index < -0.39 is 11.4 Å². The van der Waals surface area contributed by atoms with E-state index >= 15 is 0 Å². The van der Waals surface area contributed by atoms with Crippen LogP contribution >= 0.6 is 11.8 Å². The quantitative estimate of drug-likeness (QED) is 0.164. The van der Waals surface area contributed by atoms with E-state index in [2.05, 4.69) is 6.92 Å². The molecule has 0 amide bonds. The maximum absolute atomic E-state index is 10.3. The number of carboxylic acid groups (broad SMARTS) is 1. The van der Waals surface area contributed by atoms with Crippen molar-refractivity contribution in [2.75, 3.05) is 5.75 Å². The van der Waals surface area contributed by atoms with Gasteiger partial charge in [-0.15, -0.1) is 11.8 Å². The Bertz CT molecular complexity index is 278. The number of unbranched alkanes of at least 4 members (excludes halogenated alkanes) is 15. The Hall–Kier alpha value is 0.520.